The van der Waals surface area contributed by atoms with Crippen molar-refractivity contribution in [3.8, 4) is 0 Å². The van der Waals surface area contributed by atoms with Gasteiger partial charge in [0.15, 0.2) is 0 Å². The van der Waals surface area contributed by atoms with Crippen LogP contribution in [0, 0.1) is 0 Å². The molecule has 0 aliphatic carbocycles. The minimum absolute atomic E-state index is 0.196. The standard InChI is InChI=1S/C14H25N3S/c1-10(12-15-6-7-18-12)16-11-8-13(2,3)17-14(4,5)9-11/h6-7,10-11,16-17H,8-9H2,1-5H3. The molecule has 1 fully saturated rings. The summed E-state index contributed by atoms with van der Waals surface area (Å²) in [5.74, 6) is 0. The first-order valence-electron chi connectivity index (χ1n) is 6.72. The van der Waals surface area contributed by atoms with Crippen LogP contribution in [-0.4, -0.2) is 22.1 Å². The molecule has 2 N–H and O–H groups in total. The van der Waals surface area contributed by atoms with Gasteiger partial charge in [-0.25, -0.2) is 4.98 Å². The van der Waals surface area contributed by atoms with Crippen molar-refractivity contribution >= 4 is 11.3 Å². The summed E-state index contributed by atoms with van der Waals surface area (Å²) in [5.41, 5.74) is 0.393. The number of hydrogen-bond donors (Lipinski definition) is 2. The Balaban J connectivity index is 2.01. The molecule has 1 aliphatic rings. The normalized spacial score (nSPS) is 24.9. The van der Waals surface area contributed by atoms with E-state index in [1.165, 1.54) is 5.01 Å². The maximum Gasteiger partial charge on any atom is 0.109 e. The predicted molar refractivity (Wildman–Crippen MR) is 78.0 cm³/mol. The van der Waals surface area contributed by atoms with Crippen molar-refractivity contribution in [3.63, 3.8) is 0 Å². The van der Waals surface area contributed by atoms with Crippen molar-refractivity contribution in [3.05, 3.63) is 16.6 Å². The van der Waals surface area contributed by atoms with Gasteiger partial charge in [0.1, 0.15) is 5.01 Å². The molecule has 0 saturated carbocycles. The number of nitrogens with one attached hydrogen (secondary N) is 2. The van der Waals surface area contributed by atoms with E-state index in [0.717, 1.165) is 12.8 Å². The first-order valence-corrected chi connectivity index (χ1v) is 7.60. The van der Waals surface area contributed by atoms with Crippen molar-refractivity contribution in [2.45, 2.75) is 70.6 Å². The second-order valence-corrected chi connectivity index (χ2v) is 7.68. The molecule has 1 aromatic heterocycles. The average molecular weight is 267 g/mol. The van der Waals surface area contributed by atoms with Gasteiger partial charge < -0.3 is 10.6 Å². The van der Waals surface area contributed by atoms with Crippen LogP contribution in [0.3, 0.4) is 0 Å². The molecule has 0 aromatic carbocycles. The fourth-order valence-electron chi connectivity index (χ4n) is 3.31. The van der Waals surface area contributed by atoms with Gasteiger partial charge in [-0.1, -0.05) is 0 Å². The van der Waals surface area contributed by atoms with E-state index in [9.17, 15) is 0 Å². The summed E-state index contributed by atoms with van der Waals surface area (Å²) in [6.07, 6.45) is 4.20. The molecule has 2 heterocycles. The average Bonchev–Trinajstić information content (AvgIpc) is 2.63. The second-order valence-electron chi connectivity index (χ2n) is 6.76. The molecule has 0 amide bonds. The van der Waals surface area contributed by atoms with Crippen molar-refractivity contribution in [2.75, 3.05) is 0 Å². The second kappa shape index (κ2) is 4.91. The largest absolute Gasteiger partial charge is 0.307 e. The van der Waals surface area contributed by atoms with Gasteiger partial charge in [0.25, 0.3) is 0 Å². The summed E-state index contributed by atoms with van der Waals surface area (Å²) in [4.78, 5) is 4.39. The highest BCUT2D eigenvalue weighted by Crippen LogP contribution is 2.30. The number of rotatable bonds is 3. The molecule has 18 heavy (non-hydrogen) atoms. The van der Waals surface area contributed by atoms with Gasteiger partial charge in [-0.15, -0.1) is 11.3 Å². The molecule has 1 aliphatic heterocycles. The van der Waals surface area contributed by atoms with Crippen molar-refractivity contribution in [2.24, 2.45) is 0 Å². The third-order valence-corrected chi connectivity index (χ3v) is 4.46. The molecule has 1 aromatic rings. The number of nitrogens with zero attached hydrogens (tertiary/aromatic N) is 1. The Labute approximate surface area is 114 Å². The number of aromatic nitrogens is 1. The lowest BCUT2D eigenvalue weighted by Gasteiger charge is -2.47. The van der Waals surface area contributed by atoms with Gasteiger partial charge in [-0.3, -0.25) is 0 Å². The van der Waals surface area contributed by atoms with E-state index in [-0.39, 0.29) is 11.1 Å². The molecule has 0 spiro atoms. The fourth-order valence-corrected chi connectivity index (χ4v) is 3.97. The van der Waals surface area contributed by atoms with Gasteiger partial charge >= 0.3 is 0 Å². The van der Waals surface area contributed by atoms with Crippen LogP contribution in [0.2, 0.25) is 0 Å². The molecule has 3 nitrogen and oxygen atoms in total. The van der Waals surface area contributed by atoms with E-state index in [0.29, 0.717) is 12.1 Å². The molecule has 1 unspecified atom stereocenters. The SMILES string of the molecule is CC(NC1CC(C)(C)NC(C)(C)C1)c1nccs1. The summed E-state index contributed by atoms with van der Waals surface area (Å²) >= 11 is 1.73. The number of piperidine rings is 1. The summed E-state index contributed by atoms with van der Waals surface area (Å²) in [5, 5.41) is 10.7. The van der Waals surface area contributed by atoms with Gasteiger partial charge in [0.2, 0.25) is 0 Å². The minimum Gasteiger partial charge on any atom is -0.307 e. The minimum atomic E-state index is 0.196. The smallest absolute Gasteiger partial charge is 0.109 e. The summed E-state index contributed by atoms with van der Waals surface area (Å²) in [7, 11) is 0. The molecule has 0 bridgehead atoms. The molecule has 1 atom stereocenters. The first-order chi connectivity index (χ1) is 8.27. The van der Waals surface area contributed by atoms with Gasteiger partial charge in [0, 0.05) is 28.7 Å². The zero-order valence-electron chi connectivity index (χ0n) is 12.1. The Kier molecular flexibility index (Phi) is 3.81. The number of thiazole rings is 1. The Bertz CT molecular complexity index is 368. The van der Waals surface area contributed by atoms with Crippen LogP contribution in [-0.2, 0) is 0 Å². The van der Waals surface area contributed by atoms with Gasteiger partial charge in [-0.2, -0.15) is 0 Å². The molecule has 1 saturated heterocycles. The molecule has 102 valence electrons. The fraction of sp³-hybridized carbons (Fsp3) is 0.786. The molecule has 4 heteroatoms. The van der Waals surface area contributed by atoms with Crippen LogP contribution in [0.25, 0.3) is 0 Å². The van der Waals surface area contributed by atoms with Gasteiger partial charge in [-0.05, 0) is 47.5 Å². The first kappa shape index (κ1) is 14.0. The van der Waals surface area contributed by atoms with E-state index < -0.39 is 0 Å². The van der Waals surface area contributed by atoms with Crippen LogP contribution in [0.15, 0.2) is 11.6 Å². The third-order valence-electron chi connectivity index (χ3n) is 3.50. The Morgan fingerprint density at radius 1 is 1.33 bits per heavy atom. The van der Waals surface area contributed by atoms with E-state index in [1.807, 2.05) is 11.6 Å². The molecular formula is C14H25N3S. The highest BCUT2D eigenvalue weighted by atomic mass is 32.1. The van der Waals surface area contributed by atoms with Gasteiger partial charge in [0.05, 0.1) is 6.04 Å². The summed E-state index contributed by atoms with van der Waals surface area (Å²) in [6, 6.07) is 0.898. The highest BCUT2D eigenvalue weighted by Gasteiger charge is 2.37. The molecule has 0 radical (unpaired) electrons. The maximum atomic E-state index is 4.39. The zero-order chi connectivity index (χ0) is 13.4. The van der Waals surface area contributed by atoms with E-state index >= 15 is 0 Å². The van der Waals surface area contributed by atoms with Crippen LogP contribution in [0.4, 0.5) is 0 Å². The quantitative estimate of drug-likeness (QED) is 0.883. The Morgan fingerprint density at radius 3 is 2.44 bits per heavy atom. The summed E-state index contributed by atoms with van der Waals surface area (Å²) in [6.45, 7) is 11.4. The monoisotopic (exact) mass is 267 g/mol. The Morgan fingerprint density at radius 2 is 1.94 bits per heavy atom. The van der Waals surface area contributed by atoms with Crippen molar-refractivity contribution in [1.29, 1.82) is 0 Å². The highest BCUT2D eigenvalue weighted by molar-refractivity contribution is 7.09. The van der Waals surface area contributed by atoms with Crippen molar-refractivity contribution in [1.82, 2.24) is 15.6 Å². The topological polar surface area (TPSA) is 37.0 Å². The predicted octanol–water partition coefficient (Wildman–Crippen LogP) is 3.10. The lowest BCUT2D eigenvalue weighted by atomic mass is 9.79. The van der Waals surface area contributed by atoms with Crippen LogP contribution in [0.5, 0.6) is 0 Å². The lowest BCUT2D eigenvalue weighted by Crippen LogP contribution is -2.61. The van der Waals surface area contributed by atoms with Crippen LogP contribution >= 0.6 is 11.3 Å². The van der Waals surface area contributed by atoms with Crippen LogP contribution in [0.1, 0.15) is 58.5 Å². The number of hydrogen-bond acceptors (Lipinski definition) is 4. The van der Waals surface area contributed by atoms with E-state index in [1.54, 1.807) is 11.3 Å². The van der Waals surface area contributed by atoms with Crippen molar-refractivity contribution < 1.29 is 0 Å². The van der Waals surface area contributed by atoms with E-state index in [4.69, 9.17) is 0 Å². The maximum absolute atomic E-state index is 4.39. The Hall–Kier alpha value is -0.450. The van der Waals surface area contributed by atoms with E-state index in [2.05, 4.69) is 50.2 Å². The molecular weight excluding hydrogens is 242 g/mol. The zero-order valence-corrected chi connectivity index (χ0v) is 12.9. The lowest BCUT2D eigenvalue weighted by molar-refractivity contribution is 0.141. The van der Waals surface area contributed by atoms with Crippen LogP contribution < -0.4 is 10.6 Å². The summed E-state index contributed by atoms with van der Waals surface area (Å²) < 4.78 is 0. The third kappa shape index (κ3) is 3.53. The molecule has 2 rings (SSSR count).